The van der Waals surface area contributed by atoms with Crippen LogP contribution < -0.4 is 11.0 Å². The average Bonchev–Trinajstić information content (AvgIpc) is 2.49. The number of hydrogen-bond donors (Lipinski definition) is 3. The molecule has 1 rings (SSSR count). The van der Waals surface area contributed by atoms with Gasteiger partial charge in [0, 0.05) is 24.4 Å². The van der Waals surface area contributed by atoms with E-state index in [0.29, 0.717) is 6.42 Å². The standard InChI is InChI=1S/C9H15N3O2/c1-6(2)11-8(5-13)3-7-4-10-9(14)12-7/h4-6,8,11H,3H2,1-2H3,(H2,10,12,14)/t8-/m0/s1. The van der Waals surface area contributed by atoms with Crippen LogP contribution in [-0.2, 0) is 11.2 Å². The van der Waals surface area contributed by atoms with E-state index in [1.165, 1.54) is 0 Å². The van der Waals surface area contributed by atoms with Gasteiger partial charge >= 0.3 is 5.69 Å². The Morgan fingerprint density at radius 3 is 2.71 bits per heavy atom. The zero-order valence-electron chi connectivity index (χ0n) is 8.33. The number of carbonyl (C=O) groups is 1. The van der Waals surface area contributed by atoms with Crippen LogP contribution in [0.25, 0.3) is 0 Å². The summed E-state index contributed by atoms with van der Waals surface area (Å²) in [5, 5.41) is 3.08. The molecular formula is C9H15N3O2. The highest BCUT2D eigenvalue weighted by atomic mass is 16.1. The SMILES string of the molecule is CC(C)N[C@H](C=O)Cc1c[nH]c(=O)[nH]1. The third kappa shape index (κ3) is 3.18. The van der Waals surface area contributed by atoms with Gasteiger partial charge in [-0.1, -0.05) is 13.8 Å². The fourth-order valence-electron chi connectivity index (χ4n) is 1.29. The van der Waals surface area contributed by atoms with E-state index in [1.807, 2.05) is 13.8 Å². The van der Waals surface area contributed by atoms with E-state index >= 15 is 0 Å². The highest BCUT2D eigenvalue weighted by Gasteiger charge is 2.10. The van der Waals surface area contributed by atoms with Gasteiger partial charge in [-0.25, -0.2) is 4.79 Å². The predicted octanol–water partition coefficient (Wildman–Crippen LogP) is -0.189. The van der Waals surface area contributed by atoms with Gasteiger partial charge in [0.05, 0.1) is 6.04 Å². The van der Waals surface area contributed by atoms with Crippen LogP contribution in [-0.4, -0.2) is 28.3 Å². The van der Waals surface area contributed by atoms with Crippen molar-refractivity contribution >= 4 is 6.29 Å². The fraction of sp³-hybridized carbons (Fsp3) is 0.556. The number of aromatic amines is 2. The van der Waals surface area contributed by atoms with Crippen molar-refractivity contribution in [2.45, 2.75) is 32.4 Å². The molecule has 0 aliphatic heterocycles. The van der Waals surface area contributed by atoms with E-state index in [1.54, 1.807) is 6.20 Å². The predicted molar refractivity (Wildman–Crippen MR) is 53.2 cm³/mol. The lowest BCUT2D eigenvalue weighted by atomic mass is 10.1. The summed E-state index contributed by atoms with van der Waals surface area (Å²) in [6, 6.07) is -0.00249. The maximum Gasteiger partial charge on any atom is 0.323 e. The van der Waals surface area contributed by atoms with Gasteiger partial charge in [-0.15, -0.1) is 0 Å². The number of aldehydes is 1. The molecule has 5 heteroatoms. The summed E-state index contributed by atoms with van der Waals surface area (Å²) in [4.78, 5) is 26.6. The van der Waals surface area contributed by atoms with Crippen LogP contribution in [0.4, 0.5) is 0 Å². The quantitative estimate of drug-likeness (QED) is 0.572. The molecule has 0 spiro atoms. The van der Waals surface area contributed by atoms with Crippen molar-refractivity contribution < 1.29 is 4.79 Å². The maximum absolute atomic E-state index is 10.8. The highest BCUT2D eigenvalue weighted by molar-refractivity contribution is 5.58. The molecule has 0 aromatic carbocycles. The lowest BCUT2D eigenvalue weighted by Crippen LogP contribution is -2.37. The van der Waals surface area contributed by atoms with Gasteiger partial charge in [0.1, 0.15) is 6.29 Å². The Hall–Kier alpha value is -1.36. The van der Waals surface area contributed by atoms with E-state index in [2.05, 4.69) is 15.3 Å². The molecule has 0 aliphatic rings. The minimum absolute atomic E-state index is 0.241. The Labute approximate surface area is 81.9 Å². The molecule has 1 aromatic rings. The topological polar surface area (TPSA) is 77.8 Å². The van der Waals surface area contributed by atoms with Crippen LogP contribution in [0.3, 0.4) is 0 Å². The Morgan fingerprint density at radius 2 is 2.29 bits per heavy atom. The van der Waals surface area contributed by atoms with Gasteiger partial charge in [0.25, 0.3) is 0 Å². The molecule has 0 unspecified atom stereocenters. The van der Waals surface area contributed by atoms with E-state index < -0.39 is 0 Å². The van der Waals surface area contributed by atoms with Crippen LogP contribution in [0, 0.1) is 0 Å². The zero-order valence-corrected chi connectivity index (χ0v) is 8.33. The third-order valence-corrected chi connectivity index (χ3v) is 1.80. The number of imidazole rings is 1. The largest absolute Gasteiger partial charge is 0.323 e. The molecule has 1 atom stereocenters. The first-order valence-corrected chi connectivity index (χ1v) is 4.59. The monoisotopic (exact) mass is 197 g/mol. The first kappa shape index (κ1) is 10.7. The molecule has 0 aliphatic carbocycles. The zero-order chi connectivity index (χ0) is 10.6. The van der Waals surface area contributed by atoms with Crippen molar-refractivity contribution in [3.63, 3.8) is 0 Å². The number of rotatable bonds is 5. The molecule has 0 saturated carbocycles. The van der Waals surface area contributed by atoms with Crippen molar-refractivity contribution in [1.82, 2.24) is 15.3 Å². The van der Waals surface area contributed by atoms with E-state index in [0.717, 1.165) is 12.0 Å². The second-order valence-electron chi connectivity index (χ2n) is 3.54. The van der Waals surface area contributed by atoms with Crippen molar-refractivity contribution in [3.8, 4) is 0 Å². The Bertz CT molecular complexity index is 340. The first-order valence-electron chi connectivity index (χ1n) is 4.59. The summed E-state index contributed by atoms with van der Waals surface area (Å²) in [6.45, 7) is 3.94. The minimum atomic E-state index is -0.249. The normalized spacial score (nSPS) is 13.1. The summed E-state index contributed by atoms with van der Waals surface area (Å²) in [5.41, 5.74) is 0.495. The van der Waals surface area contributed by atoms with Gasteiger partial charge in [-0.2, -0.15) is 0 Å². The van der Waals surface area contributed by atoms with Crippen LogP contribution in [0.15, 0.2) is 11.0 Å². The van der Waals surface area contributed by atoms with E-state index in [9.17, 15) is 9.59 Å². The molecular weight excluding hydrogens is 182 g/mol. The van der Waals surface area contributed by atoms with Crippen LogP contribution in [0.1, 0.15) is 19.5 Å². The Kier molecular flexibility index (Phi) is 3.64. The minimum Gasteiger partial charge on any atom is -0.313 e. The van der Waals surface area contributed by atoms with E-state index in [-0.39, 0.29) is 17.8 Å². The van der Waals surface area contributed by atoms with Gasteiger partial charge < -0.3 is 20.1 Å². The smallest absolute Gasteiger partial charge is 0.313 e. The second-order valence-corrected chi connectivity index (χ2v) is 3.54. The molecule has 0 saturated heterocycles. The third-order valence-electron chi connectivity index (χ3n) is 1.80. The van der Waals surface area contributed by atoms with Gasteiger partial charge in [-0.3, -0.25) is 0 Å². The summed E-state index contributed by atoms with van der Waals surface area (Å²) in [7, 11) is 0. The van der Waals surface area contributed by atoms with Crippen molar-refractivity contribution in [2.24, 2.45) is 0 Å². The molecule has 0 radical (unpaired) electrons. The van der Waals surface area contributed by atoms with Crippen molar-refractivity contribution in [2.75, 3.05) is 0 Å². The molecule has 0 amide bonds. The lowest BCUT2D eigenvalue weighted by molar-refractivity contribution is -0.109. The molecule has 14 heavy (non-hydrogen) atoms. The van der Waals surface area contributed by atoms with Crippen molar-refractivity contribution in [3.05, 3.63) is 22.4 Å². The lowest BCUT2D eigenvalue weighted by Gasteiger charge is -2.14. The second kappa shape index (κ2) is 4.76. The molecule has 5 nitrogen and oxygen atoms in total. The number of carbonyl (C=O) groups excluding carboxylic acids is 1. The van der Waals surface area contributed by atoms with Gasteiger partial charge in [-0.05, 0) is 0 Å². The van der Waals surface area contributed by atoms with E-state index in [4.69, 9.17) is 0 Å². The summed E-state index contributed by atoms with van der Waals surface area (Å²) < 4.78 is 0. The molecule has 78 valence electrons. The number of hydrogen-bond acceptors (Lipinski definition) is 3. The molecule has 1 heterocycles. The van der Waals surface area contributed by atoms with Crippen LogP contribution in [0.2, 0.25) is 0 Å². The summed E-state index contributed by atoms with van der Waals surface area (Å²) >= 11 is 0. The average molecular weight is 197 g/mol. The Morgan fingerprint density at radius 1 is 1.57 bits per heavy atom. The van der Waals surface area contributed by atoms with Crippen LogP contribution in [0.5, 0.6) is 0 Å². The van der Waals surface area contributed by atoms with Gasteiger partial charge in [0.2, 0.25) is 0 Å². The molecule has 3 N–H and O–H groups in total. The molecule has 0 fully saturated rings. The highest BCUT2D eigenvalue weighted by Crippen LogP contribution is 1.95. The molecule has 0 bridgehead atoms. The van der Waals surface area contributed by atoms with Crippen LogP contribution >= 0.6 is 0 Å². The fourth-order valence-corrected chi connectivity index (χ4v) is 1.29. The summed E-state index contributed by atoms with van der Waals surface area (Å²) in [5.74, 6) is 0. The summed E-state index contributed by atoms with van der Waals surface area (Å²) in [6.07, 6.45) is 2.94. The van der Waals surface area contributed by atoms with Crippen molar-refractivity contribution in [1.29, 1.82) is 0 Å². The molecule has 1 aromatic heterocycles. The van der Waals surface area contributed by atoms with Gasteiger partial charge in [0.15, 0.2) is 0 Å². The Balaban J connectivity index is 2.56. The number of H-pyrrole nitrogens is 2. The maximum atomic E-state index is 10.8. The number of nitrogens with one attached hydrogen (secondary N) is 3. The number of aromatic nitrogens is 2. The first-order chi connectivity index (χ1) is 6.61.